The third-order valence-electron chi connectivity index (χ3n) is 4.24. The van der Waals surface area contributed by atoms with E-state index in [1.807, 2.05) is 24.3 Å². The van der Waals surface area contributed by atoms with Crippen molar-refractivity contribution in [3.63, 3.8) is 0 Å². The molecule has 3 atom stereocenters. The van der Waals surface area contributed by atoms with Gasteiger partial charge in [0, 0.05) is 6.04 Å². The van der Waals surface area contributed by atoms with Crippen molar-refractivity contribution in [2.75, 3.05) is 5.43 Å². The second-order valence-corrected chi connectivity index (χ2v) is 6.30. The van der Waals surface area contributed by atoms with Crippen molar-refractivity contribution in [1.29, 1.82) is 0 Å². The summed E-state index contributed by atoms with van der Waals surface area (Å²) in [4.78, 5) is 0. The first kappa shape index (κ1) is 13.0. The molecule has 5 heteroatoms. The molecule has 1 aromatic carbocycles. The third kappa shape index (κ3) is 2.95. The summed E-state index contributed by atoms with van der Waals surface area (Å²) >= 11 is 11.4. The second kappa shape index (κ2) is 5.55. The molecule has 2 aliphatic carbocycles. The van der Waals surface area contributed by atoms with Crippen molar-refractivity contribution < 1.29 is 0 Å². The van der Waals surface area contributed by atoms with E-state index in [-0.39, 0.29) is 0 Å². The van der Waals surface area contributed by atoms with Gasteiger partial charge in [-0.3, -0.25) is 10.9 Å². The van der Waals surface area contributed by atoms with E-state index in [9.17, 15) is 0 Å². The van der Waals surface area contributed by atoms with Crippen LogP contribution < -0.4 is 16.2 Å². The summed E-state index contributed by atoms with van der Waals surface area (Å²) in [5, 5.41) is 4.74. The Kier molecular flexibility index (Phi) is 3.80. The van der Waals surface area contributed by atoms with Crippen LogP contribution in [0.4, 0.5) is 5.69 Å². The van der Waals surface area contributed by atoms with Crippen LogP contribution in [0.3, 0.4) is 0 Å². The molecular formula is C14H18ClN3S. The van der Waals surface area contributed by atoms with Crippen LogP contribution in [0.5, 0.6) is 0 Å². The predicted octanol–water partition coefficient (Wildman–Crippen LogP) is 3.32. The molecule has 0 amide bonds. The molecule has 3 N–H and O–H groups in total. The number of rotatable bonds is 3. The largest absolute Gasteiger partial charge is 0.358 e. The van der Waals surface area contributed by atoms with Crippen LogP contribution in [-0.4, -0.2) is 11.2 Å². The number of hydrogen-bond acceptors (Lipinski definition) is 2. The number of benzene rings is 1. The zero-order valence-corrected chi connectivity index (χ0v) is 12.2. The predicted molar refractivity (Wildman–Crippen MR) is 83.2 cm³/mol. The van der Waals surface area contributed by atoms with E-state index in [1.165, 1.54) is 25.7 Å². The molecule has 19 heavy (non-hydrogen) atoms. The monoisotopic (exact) mass is 295 g/mol. The molecule has 0 aromatic heterocycles. The van der Waals surface area contributed by atoms with Gasteiger partial charge in [0.15, 0.2) is 5.11 Å². The summed E-state index contributed by atoms with van der Waals surface area (Å²) < 4.78 is 0. The lowest BCUT2D eigenvalue weighted by atomic mass is 9.96. The molecule has 0 radical (unpaired) electrons. The Morgan fingerprint density at radius 1 is 1.21 bits per heavy atom. The summed E-state index contributed by atoms with van der Waals surface area (Å²) in [7, 11) is 0. The lowest BCUT2D eigenvalue weighted by Gasteiger charge is -2.24. The molecule has 3 nitrogen and oxygen atoms in total. The number of halogens is 1. The summed E-state index contributed by atoms with van der Waals surface area (Å²) in [6, 6.07) is 8.14. The maximum atomic E-state index is 6.06. The number of hydrogen-bond donors (Lipinski definition) is 3. The zero-order valence-electron chi connectivity index (χ0n) is 10.7. The van der Waals surface area contributed by atoms with Crippen molar-refractivity contribution in [3.8, 4) is 0 Å². The van der Waals surface area contributed by atoms with Gasteiger partial charge >= 0.3 is 0 Å². The minimum Gasteiger partial charge on any atom is -0.358 e. The van der Waals surface area contributed by atoms with Crippen molar-refractivity contribution in [1.82, 2.24) is 10.7 Å². The van der Waals surface area contributed by atoms with Gasteiger partial charge in [-0.2, -0.15) is 0 Å². The van der Waals surface area contributed by atoms with E-state index in [0.29, 0.717) is 16.2 Å². The number of fused-ring (bicyclic) bond motifs is 2. The molecule has 2 fully saturated rings. The quantitative estimate of drug-likeness (QED) is 0.590. The molecule has 2 saturated carbocycles. The highest BCUT2D eigenvalue weighted by atomic mass is 35.5. The normalized spacial score (nSPS) is 28.2. The van der Waals surface area contributed by atoms with Crippen molar-refractivity contribution >= 4 is 34.6 Å². The molecule has 0 unspecified atom stereocenters. The van der Waals surface area contributed by atoms with Crippen LogP contribution in [-0.2, 0) is 0 Å². The van der Waals surface area contributed by atoms with Crippen molar-refractivity contribution in [2.45, 2.75) is 31.7 Å². The molecule has 102 valence electrons. The lowest BCUT2D eigenvalue weighted by Crippen LogP contribution is -2.46. The molecular weight excluding hydrogens is 278 g/mol. The maximum Gasteiger partial charge on any atom is 0.185 e. The average molecular weight is 296 g/mol. The molecule has 2 aliphatic rings. The van der Waals surface area contributed by atoms with E-state index in [2.05, 4.69) is 16.2 Å². The van der Waals surface area contributed by atoms with E-state index in [0.717, 1.165) is 17.5 Å². The standard InChI is InChI=1S/C14H18ClN3S/c15-11-3-1-2-4-12(11)17-18-14(19)16-13-8-9-5-6-10(13)7-9/h1-4,9-10,13,17H,5-8H2,(H2,16,18,19)/t9-,10-,13+/m1/s1. The van der Waals surface area contributed by atoms with Crippen LogP contribution in [0.25, 0.3) is 0 Å². The Morgan fingerprint density at radius 3 is 2.74 bits per heavy atom. The number of anilines is 1. The molecule has 2 bridgehead atoms. The summed E-state index contributed by atoms with van der Waals surface area (Å²) in [6.07, 6.45) is 5.39. The fourth-order valence-corrected chi connectivity index (χ4v) is 3.70. The van der Waals surface area contributed by atoms with Crippen LogP contribution in [0.1, 0.15) is 25.7 Å². The first-order valence-corrected chi connectivity index (χ1v) is 7.58. The first-order chi connectivity index (χ1) is 9.22. The van der Waals surface area contributed by atoms with Crippen molar-refractivity contribution in [3.05, 3.63) is 29.3 Å². The minimum atomic E-state index is 0.548. The SMILES string of the molecule is S=C(NNc1ccccc1Cl)N[C@H]1C[C@@H]2CC[C@@H]1C2. The summed E-state index contributed by atoms with van der Waals surface area (Å²) in [5.41, 5.74) is 6.89. The number of nitrogens with one attached hydrogen (secondary N) is 3. The topological polar surface area (TPSA) is 36.1 Å². The van der Waals surface area contributed by atoms with Crippen LogP contribution in [0.15, 0.2) is 24.3 Å². The van der Waals surface area contributed by atoms with Gasteiger partial charge in [0.2, 0.25) is 0 Å². The second-order valence-electron chi connectivity index (χ2n) is 5.48. The maximum absolute atomic E-state index is 6.06. The highest BCUT2D eigenvalue weighted by molar-refractivity contribution is 7.80. The van der Waals surface area contributed by atoms with Gasteiger partial charge in [-0.05, 0) is 55.4 Å². The van der Waals surface area contributed by atoms with E-state index >= 15 is 0 Å². The number of hydrazine groups is 1. The van der Waals surface area contributed by atoms with E-state index < -0.39 is 0 Å². The van der Waals surface area contributed by atoms with Gasteiger partial charge in [0.05, 0.1) is 10.7 Å². The van der Waals surface area contributed by atoms with Crippen LogP contribution in [0, 0.1) is 11.8 Å². The van der Waals surface area contributed by atoms with Gasteiger partial charge in [-0.25, -0.2) is 0 Å². The molecule has 0 saturated heterocycles. The summed E-state index contributed by atoms with van der Waals surface area (Å²) in [6.45, 7) is 0. The van der Waals surface area contributed by atoms with Gasteiger partial charge in [0.1, 0.15) is 0 Å². The fourth-order valence-electron chi connectivity index (χ4n) is 3.31. The number of thiocarbonyl (C=S) groups is 1. The summed E-state index contributed by atoms with van der Waals surface area (Å²) in [5.74, 6) is 1.73. The molecule has 0 heterocycles. The van der Waals surface area contributed by atoms with Gasteiger partial charge < -0.3 is 5.32 Å². The van der Waals surface area contributed by atoms with Crippen LogP contribution >= 0.6 is 23.8 Å². The van der Waals surface area contributed by atoms with E-state index in [1.54, 1.807) is 0 Å². The van der Waals surface area contributed by atoms with Gasteiger partial charge in [0.25, 0.3) is 0 Å². The zero-order chi connectivity index (χ0) is 13.2. The Labute approximate surface area is 124 Å². The molecule has 1 aromatic rings. The highest BCUT2D eigenvalue weighted by Gasteiger charge is 2.39. The van der Waals surface area contributed by atoms with Gasteiger partial charge in [-0.15, -0.1) is 0 Å². The molecule has 0 aliphatic heterocycles. The minimum absolute atomic E-state index is 0.548. The van der Waals surface area contributed by atoms with Crippen LogP contribution in [0.2, 0.25) is 5.02 Å². The molecule has 3 rings (SSSR count). The average Bonchev–Trinajstić information content (AvgIpc) is 3.00. The van der Waals surface area contributed by atoms with Gasteiger partial charge in [-0.1, -0.05) is 30.2 Å². The Morgan fingerprint density at radius 2 is 2.05 bits per heavy atom. The fraction of sp³-hybridized carbons (Fsp3) is 0.500. The third-order valence-corrected chi connectivity index (χ3v) is 4.79. The number of para-hydroxylation sites is 1. The lowest BCUT2D eigenvalue weighted by molar-refractivity contribution is 0.390. The smallest absolute Gasteiger partial charge is 0.185 e. The highest BCUT2D eigenvalue weighted by Crippen LogP contribution is 2.44. The molecule has 0 spiro atoms. The van der Waals surface area contributed by atoms with Crippen molar-refractivity contribution in [2.24, 2.45) is 11.8 Å². The van der Waals surface area contributed by atoms with E-state index in [4.69, 9.17) is 23.8 Å². The Hall–Kier alpha value is -1.00. The Bertz CT molecular complexity index is 480. The first-order valence-electron chi connectivity index (χ1n) is 6.79. The Balaban J connectivity index is 1.48.